The number of hydrogen-bond donors (Lipinski definition) is 1. The molecule has 2 aromatic carbocycles. The first-order valence-electron chi connectivity index (χ1n) is 5.58. The van der Waals surface area contributed by atoms with Gasteiger partial charge in [-0.3, -0.25) is 0 Å². The Kier molecular flexibility index (Phi) is 4.74. The lowest BCUT2D eigenvalue weighted by atomic mass is 10.1. The first kappa shape index (κ1) is 14.7. The number of aliphatic hydroxyl groups is 1. The number of rotatable bonds is 3. The second kappa shape index (κ2) is 6.14. The zero-order valence-corrected chi connectivity index (χ0v) is 13.1. The SMILES string of the molecule is CC(O)c1ccc(Oc2ccc(Cl)cc2Cl)c(Br)c1. The van der Waals surface area contributed by atoms with Crippen molar-refractivity contribution in [2.24, 2.45) is 0 Å². The summed E-state index contributed by atoms with van der Waals surface area (Å²) in [6.07, 6.45) is -0.524. The van der Waals surface area contributed by atoms with Crippen molar-refractivity contribution in [3.8, 4) is 11.5 Å². The summed E-state index contributed by atoms with van der Waals surface area (Å²) in [4.78, 5) is 0. The Balaban J connectivity index is 2.28. The van der Waals surface area contributed by atoms with E-state index in [1.165, 1.54) is 0 Å². The van der Waals surface area contributed by atoms with Crippen molar-refractivity contribution in [3.05, 3.63) is 56.5 Å². The van der Waals surface area contributed by atoms with Gasteiger partial charge in [0.2, 0.25) is 0 Å². The zero-order chi connectivity index (χ0) is 14.0. The number of halogens is 3. The number of ether oxygens (including phenoxy) is 1. The highest BCUT2D eigenvalue weighted by Crippen LogP contribution is 2.36. The molecule has 1 unspecified atom stereocenters. The summed E-state index contributed by atoms with van der Waals surface area (Å²) >= 11 is 15.3. The van der Waals surface area contributed by atoms with Gasteiger partial charge in [-0.25, -0.2) is 0 Å². The molecule has 0 aromatic heterocycles. The van der Waals surface area contributed by atoms with Gasteiger partial charge in [0.25, 0.3) is 0 Å². The predicted octanol–water partition coefficient (Wildman–Crippen LogP) is 5.60. The molecule has 0 bridgehead atoms. The molecular weight excluding hydrogens is 351 g/mol. The molecular formula is C14H11BrCl2O2. The first-order valence-corrected chi connectivity index (χ1v) is 7.12. The van der Waals surface area contributed by atoms with Crippen molar-refractivity contribution in [1.29, 1.82) is 0 Å². The maximum atomic E-state index is 9.51. The summed E-state index contributed by atoms with van der Waals surface area (Å²) < 4.78 is 6.46. The van der Waals surface area contributed by atoms with Gasteiger partial charge < -0.3 is 9.84 Å². The monoisotopic (exact) mass is 360 g/mol. The van der Waals surface area contributed by atoms with Gasteiger partial charge in [-0.1, -0.05) is 29.3 Å². The summed E-state index contributed by atoms with van der Waals surface area (Å²) in [5.74, 6) is 1.14. The van der Waals surface area contributed by atoms with Gasteiger partial charge in [-0.2, -0.15) is 0 Å². The highest BCUT2D eigenvalue weighted by Gasteiger charge is 2.09. The molecule has 0 spiro atoms. The molecule has 2 nitrogen and oxygen atoms in total. The van der Waals surface area contributed by atoms with E-state index < -0.39 is 6.10 Å². The Morgan fingerprint density at radius 1 is 1.11 bits per heavy atom. The Bertz CT molecular complexity index is 600. The summed E-state index contributed by atoms with van der Waals surface area (Å²) in [6, 6.07) is 10.4. The maximum absolute atomic E-state index is 9.51. The van der Waals surface area contributed by atoms with Crippen molar-refractivity contribution in [1.82, 2.24) is 0 Å². The van der Waals surface area contributed by atoms with Crippen LogP contribution in [-0.4, -0.2) is 5.11 Å². The van der Waals surface area contributed by atoms with E-state index >= 15 is 0 Å². The molecule has 0 aliphatic rings. The lowest BCUT2D eigenvalue weighted by molar-refractivity contribution is 0.199. The average Bonchev–Trinajstić information content (AvgIpc) is 2.34. The van der Waals surface area contributed by atoms with Crippen LogP contribution in [0.15, 0.2) is 40.9 Å². The average molecular weight is 362 g/mol. The summed E-state index contributed by atoms with van der Waals surface area (Å²) in [6.45, 7) is 1.71. The van der Waals surface area contributed by atoms with E-state index in [-0.39, 0.29) is 0 Å². The highest BCUT2D eigenvalue weighted by molar-refractivity contribution is 9.10. The molecule has 2 rings (SSSR count). The fourth-order valence-electron chi connectivity index (χ4n) is 1.54. The normalized spacial score (nSPS) is 12.3. The molecule has 0 aliphatic carbocycles. The molecule has 0 heterocycles. The molecule has 100 valence electrons. The molecule has 19 heavy (non-hydrogen) atoms. The van der Waals surface area contributed by atoms with E-state index in [9.17, 15) is 5.11 Å². The summed E-state index contributed by atoms with van der Waals surface area (Å²) in [5.41, 5.74) is 0.807. The number of aliphatic hydroxyl groups excluding tert-OH is 1. The van der Waals surface area contributed by atoms with Gasteiger partial charge in [0.15, 0.2) is 0 Å². The number of benzene rings is 2. The van der Waals surface area contributed by atoms with Crippen LogP contribution in [0.25, 0.3) is 0 Å². The lowest BCUT2D eigenvalue weighted by Gasteiger charge is -2.11. The van der Waals surface area contributed by atoms with Crippen LogP contribution in [0.4, 0.5) is 0 Å². The summed E-state index contributed by atoms with van der Waals surface area (Å²) in [7, 11) is 0. The van der Waals surface area contributed by atoms with E-state index in [4.69, 9.17) is 27.9 Å². The maximum Gasteiger partial charge on any atom is 0.146 e. The Morgan fingerprint density at radius 2 is 1.79 bits per heavy atom. The van der Waals surface area contributed by atoms with Crippen LogP contribution in [0.5, 0.6) is 11.5 Å². The van der Waals surface area contributed by atoms with Gasteiger partial charge >= 0.3 is 0 Å². The molecule has 0 amide bonds. The standard InChI is InChI=1S/C14H11BrCl2O2/c1-8(18)9-2-4-13(11(15)6-9)19-14-5-3-10(16)7-12(14)17/h2-8,18H,1H3. The molecule has 2 aromatic rings. The van der Waals surface area contributed by atoms with Gasteiger partial charge in [0, 0.05) is 5.02 Å². The van der Waals surface area contributed by atoms with Crippen molar-refractivity contribution < 1.29 is 9.84 Å². The largest absolute Gasteiger partial charge is 0.455 e. The first-order chi connectivity index (χ1) is 8.97. The van der Waals surface area contributed by atoms with Gasteiger partial charge in [-0.15, -0.1) is 0 Å². The van der Waals surface area contributed by atoms with E-state index in [1.807, 2.05) is 6.07 Å². The summed E-state index contributed by atoms with van der Waals surface area (Å²) in [5, 5.41) is 10.5. The Labute approximate surface area is 130 Å². The molecule has 5 heteroatoms. The Hall–Kier alpha value is -0.740. The van der Waals surface area contributed by atoms with Crippen LogP contribution in [0, 0.1) is 0 Å². The van der Waals surface area contributed by atoms with E-state index in [0.29, 0.717) is 21.5 Å². The number of hydrogen-bond acceptors (Lipinski definition) is 2. The molecule has 0 aliphatic heterocycles. The van der Waals surface area contributed by atoms with Crippen molar-refractivity contribution in [3.63, 3.8) is 0 Å². The third kappa shape index (κ3) is 3.63. The fourth-order valence-corrected chi connectivity index (χ4v) is 2.46. The molecule has 0 saturated carbocycles. The van der Waals surface area contributed by atoms with Crippen LogP contribution in [0.3, 0.4) is 0 Å². The Morgan fingerprint density at radius 3 is 2.37 bits per heavy atom. The third-order valence-electron chi connectivity index (χ3n) is 2.55. The topological polar surface area (TPSA) is 29.5 Å². The molecule has 1 atom stereocenters. The molecule has 0 fully saturated rings. The van der Waals surface area contributed by atoms with Gasteiger partial charge in [0.1, 0.15) is 11.5 Å². The van der Waals surface area contributed by atoms with Crippen LogP contribution < -0.4 is 4.74 Å². The minimum atomic E-state index is -0.524. The minimum Gasteiger partial charge on any atom is -0.455 e. The van der Waals surface area contributed by atoms with E-state index in [1.54, 1.807) is 37.3 Å². The predicted molar refractivity (Wildman–Crippen MR) is 81.3 cm³/mol. The van der Waals surface area contributed by atoms with Gasteiger partial charge in [0.05, 0.1) is 15.6 Å². The van der Waals surface area contributed by atoms with Gasteiger partial charge in [-0.05, 0) is 58.7 Å². The fraction of sp³-hybridized carbons (Fsp3) is 0.143. The third-order valence-corrected chi connectivity index (χ3v) is 3.70. The molecule has 0 saturated heterocycles. The van der Waals surface area contributed by atoms with Crippen LogP contribution in [-0.2, 0) is 0 Å². The highest BCUT2D eigenvalue weighted by atomic mass is 79.9. The van der Waals surface area contributed by atoms with E-state index in [2.05, 4.69) is 15.9 Å². The van der Waals surface area contributed by atoms with Crippen LogP contribution >= 0.6 is 39.1 Å². The van der Waals surface area contributed by atoms with Crippen molar-refractivity contribution >= 4 is 39.1 Å². The lowest BCUT2D eigenvalue weighted by Crippen LogP contribution is -1.92. The van der Waals surface area contributed by atoms with Crippen LogP contribution in [0.1, 0.15) is 18.6 Å². The molecule has 0 radical (unpaired) electrons. The second-order valence-electron chi connectivity index (χ2n) is 4.04. The van der Waals surface area contributed by atoms with Crippen molar-refractivity contribution in [2.45, 2.75) is 13.0 Å². The zero-order valence-electron chi connectivity index (χ0n) is 10.0. The quantitative estimate of drug-likeness (QED) is 0.770. The smallest absolute Gasteiger partial charge is 0.146 e. The van der Waals surface area contributed by atoms with Crippen molar-refractivity contribution in [2.75, 3.05) is 0 Å². The minimum absolute atomic E-state index is 0.444. The molecule has 1 N–H and O–H groups in total. The second-order valence-corrected chi connectivity index (χ2v) is 5.74. The van der Waals surface area contributed by atoms with E-state index in [0.717, 1.165) is 10.0 Å². The van der Waals surface area contributed by atoms with Crippen LogP contribution in [0.2, 0.25) is 10.0 Å².